The molecule has 90 valence electrons. The lowest BCUT2D eigenvalue weighted by molar-refractivity contribution is 0.0932. The molecular weight excluding hydrogens is 208 g/mol. The van der Waals surface area contributed by atoms with Gasteiger partial charge in [-0.15, -0.1) is 5.10 Å². The van der Waals surface area contributed by atoms with Crippen molar-refractivity contribution >= 4 is 5.91 Å². The molecule has 0 fully saturated rings. The minimum absolute atomic E-state index is 0.0398. The number of hydrogen-bond donors (Lipinski definition) is 3. The zero-order valence-electron chi connectivity index (χ0n) is 9.66. The first kappa shape index (κ1) is 12.6. The highest BCUT2D eigenvalue weighted by Crippen LogP contribution is 1.97. The summed E-state index contributed by atoms with van der Waals surface area (Å²) in [5.41, 5.74) is 0. The van der Waals surface area contributed by atoms with Crippen LogP contribution in [-0.2, 0) is 6.42 Å². The third kappa shape index (κ3) is 3.62. The van der Waals surface area contributed by atoms with Gasteiger partial charge in [0.25, 0.3) is 5.91 Å². The first-order valence-corrected chi connectivity index (χ1v) is 5.47. The highest BCUT2D eigenvalue weighted by Gasteiger charge is 2.12. The second-order valence-electron chi connectivity index (χ2n) is 3.85. The highest BCUT2D eigenvalue weighted by molar-refractivity contribution is 5.90. The van der Waals surface area contributed by atoms with E-state index in [1.54, 1.807) is 0 Å². The summed E-state index contributed by atoms with van der Waals surface area (Å²) in [4.78, 5) is 15.6. The minimum Gasteiger partial charge on any atom is -0.396 e. The first-order valence-electron chi connectivity index (χ1n) is 5.47. The van der Waals surface area contributed by atoms with Gasteiger partial charge in [-0.3, -0.25) is 9.89 Å². The number of nitrogens with one attached hydrogen (secondary N) is 2. The van der Waals surface area contributed by atoms with Crippen LogP contribution in [0.5, 0.6) is 0 Å². The van der Waals surface area contributed by atoms with Gasteiger partial charge in [0.1, 0.15) is 5.82 Å². The maximum atomic E-state index is 11.5. The van der Waals surface area contributed by atoms with E-state index in [4.69, 9.17) is 5.11 Å². The lowest BCUT2D eigenvalue weighted by atomic mass is 10.2. The molecule has 1 aromatic rings. The van der Waals surface area contributed by atoms with Crippen LogP contribution in [0.1, 0.15) is 36.7 Å². The molecule has 1 amide bonds. The number of nitrogens with zero attached hydrogens (tertiary/aromatic N) is 2. The zero-order chi connectivity index (χ0) is 12.0. The van der Waals surface area contributed by atoms with Crippen molar-refractivity contribution in [1.29, 1.82) is 0 Å². The third-order valence-electron chi connectivity index (χ3n) is 2.14. The topological polar surface area (TPSA) is 90.9 Å². The van der Waals surface area contributed by atoms with Crippen LogP contribution in [0.3, 0.4) is 0 Å². The number of aliphatic hydroxyl groups excluding tert-OH is 1. The van der Waals surface area contributed by atoms with Crippen LogP contribution in [0.4, 0.5) is 0 Å². The number of carbonyl (C=O) groups is 1. The van der Waals surface area contributed by atoms with Crippen molar-refractivity contribution in [3.63, 3.8) is 0 Å². The average molecular weight is 226 g/mol. The van der Waals surface area contributed by atoms with Crippen molar-refractivity contribution in [3.8, 4) is 0 Å². The zero-order valence-corrected chi connectivity index (χ0v) is 9.66. The molecule has 0 spiro atoms. The quantitative estimate of drug-likeness (QED) is 0.642. The lowest BCUT2D eigenvalue weighted by Gasteiger charge is -2.07. The Kier molecular flexibility index (Phi) is 4.91. The minimum atomic E-state index is -0.307. The fourth-order valence-corrected chi connectivity index (χ4v) is 1.16. The predicted octanol–water partition coefficient (Wildman–Crippen LogP) is 0.115. The molecule has 0 bridgehead atoms. The van der Waals surface area contributed by atoms with E-state index < -0.39 is 0 Å². The maximum absolute atomic E-state index is 11.5. The van der Waals surface area contributed by atoms with Crippen LogP contribution in [0.2, 0.25) is 0 Å². The molecule has 0 saturated carbocycles. The van der Waals surface area contributed by atoms with Crippen molar-refractivity contribution < 1.29 is 9.90 Å². The molecule has 0 saturated heterocycles. The van der Waals surface area contributed by atoms with Crippen molar-refractivity contribution in [2.24, 2.45) is 5.92 Å². The number of aryl methyl sites for hydroxylation is 1. The molecular formula is C10H18N4O2. The summed E-state index contributed by atoms with van der Waals surface area (Å²) in [6, 6.07) is 0. The predicted molar refractivity (Wildman–Crippen MR) is 59.0 cm³/mol. The van der Waals surface area contributed by atoms with Crippen LogP contribution in [0, 0.1) is 5.92 Å². The van der Waals surface area contributed by atoms with Gasteiger partial charge >= 0.3 is 0 Å². The average Bonchev–Trinajstić information content (AvgIpc) is 2.74. The van der Waals surface area contributed by atoms with E-state index >= 15 is 0 Å². The van der Waals surface area contributed by atoms with Gasteiger partial charge in [-0.2, -0.15) is 0 Å². The molecule has 6 nitrogen and oxygen atoms in total. The van der Waals surface area contributed by atoms with Gasteiger partial charge in [-0.1, -0.05) is 13.8 Å². The van der Waals surface area contributed by atoms with Gasteiger partial charge in [-0.05, 0) is 12.3 Å². The number of H-pyrrole nitrogens is 1. The second kappa shape index (κ2) is 6.22. The summed E-state index contributed by atoms with van der Waals surface area (Å²) in [6.07, 6.45) is 1.74. The Balaban J connectivity index is 2.46. The molecule has 3 N–H and O–H groups in total. The first-order chi connectivity index (χ1) is 7.67. The number of carbonyl (C=O) groups excluding carboxylic acids is 1. The van der Waals surface area contributed by atoms with Crippen molar-refractivity contribution in [2.75, 3.05) is 13.2 Å². The molecule has 0 radical (unpaired) electrons. The molecule has 1 atom stereocenters. The number of rotatable bonds is 6. The Hall–Kier alpha value is -1.43. The van der Waals surface area contributed by atoms with Gasteiger partial charge in [0.15, 0.2) is 0 Å². The summed E-state index contributed by atoms with van der Waals surface area (Å²) >= 11 is 0. The van der Waals surface area contributed by atoms with Gasteiger partial charge in [-0.25, -0.2) is 4.98 Å². The van der Waals surface area contributed by atoms with Gasteiger partial charge in [0.05, 0.1) is 0 Å². The van der Waals surface area contributed by atoms with Crippen LogP contribution in [-0.4, -0.2) is 39.3 Å². The fourth-order valence-electron chi connectivity index (χ4n) is 1.16. The third-order valence-corrected chi connectivity index (χ3v) is 2.14. The molecule has 6 heteroatoms. The Morgan fingerprint density at radius 3 is 3.00 bits per heavy atom. The van der Waals surface area contributed by atoms with E-state index in [-0.39, 0.29) is 24.3 Å². The molecule has 1 aromatic heterocycles. The number of amides is 1. The van der Waals surface area contributed by atoms with Crippen molar-refractivity contribution in [3.05, 3.63) is 11.6 Å². The molecule has 0 aliphatic rings. The van der Waals surface area contributed by atoms with E-state index in [0.717, 1.165) is 18.7 Å². The van der Waals surface area contributed by atoms with Crippen molar-refractivity contribution in [1.82, 2.24) is 20.5 Å². The smallest absolute Gasteiger partial charge is 0.290 e. The summed E-state index contributed by atoms with van der Waals surface area (Å²) in [5.74, 6) is 0.619. The van der Waals surface area contributed by atoms with E-state index in [1.807, 2.05) is 13.8 Å². The standard InChI is InChI=1S/C10H18N4O2/c1-3-4-8-12-9(14-13-8)10(16)11-5-7(2)6-15/h7,15H,3-6H2,1-2H3,(H,11,16)(H,12,13,14). The maximum Gasteiger partial charge on any atom is 0.290 e. The lowest BCUT2D eigenvalue weighted by Crippen LogP contribution is -2.30. The summed E-state index contributed by atoms with van der Waals surface area (Å²) in [7, 11) is 0. The number of aliphatic hydroxyl groups is 1. The number of aromatic amines is 1. The van der Waals surface area contributed by atoms with Gasteiger partial charge in [0.2, 0.25) is 5.82 Å². The normalized spacial score (nSPS) is 12.4. The van der Waals surface area contributed by atoms with Gasteiger partial charge in [0, 0.05) is 19.6 Å². The highest BCUT2D eigenvalue weighted by atomic mass is 16.3. The molecule has 1 unspecified atom stereocenters. The SMILES string of the molecule is CCCc1nc(C(=O)NCC(C)CO)n[nH]1. The van der Waals surface area contributed by atoms with Gasteiger partial charge < -0.3 is 10.4 Å². The molecule has 0 aliphatic carbocycles. The van der Waals surface area contributed by atoms with Crippen molar-refractivity contribution in [2.45, 2.75) is 26.7 Å². The van der Waals surface area contributed by atoms with Crippen LogP contribution in [0.25, 0.3) is 0 Å². The van der Waals surface area contributed by atoms with Crippen LogP contribution < -0.4 is 5.32 Å². The molecule has 0 aliphatic heterocycles. The Morgan fingerprint density at radius 2 is 2.38 bits per heavy atom. The van der Waals surface area contributed by atoms with Crippen LogP contribution >= 0.6 is 0 Å². The summed E-state index contributed by atoms with van der Waals surface area (Å²) in [5, 5.41) is 18.0. The van der Waals surface area contributed by atoms with E-state index in [0.29, 0.717) is 6.54 Å². The van der Waals surface area contributed by atoms with E-state index in [2.05, 4.69) is 20.5 Å². The van der Waals surface area contributed by atoms with E-state index in [9.17, 15) is 4.79 Å². The number of hydrogen-bond acceptors (Lipinski definition) is 4. The fraction of sp³-hybridized carbons (Fsp3) is 0.700. The Bertz CT molecular complexity index is 337. The summed E-state index contributed by atoms with van der Waals surface area (Å²) in [6.45, 7) is 4.36. The number of aromatic nitrogens is 3. The molecule has 16 heavy (non-hydrogen) atoms. The Labute approximate surface area is 94.5 Å². The van der Waals surface area contributed by atoms with Crippen LogP contribution in [0.15, 0.2) is 0 Å². The Morgan fingerprint density at radius 1 is 1.62 bits per heavy atom. The largest absolute Gasteiger partial charge is 0.396 e. The molecule has 1 rings (SSSR count). The van der Waals surface area contributed by atoms with E-state index in [1.165, 1.54) is 0 Å². The second-order valence-corrected chi connectivity index (χ2v) is 3.85. The summed E-state index contributed by atoms with van der Waals surface area (Å²) < 4.78 is 0. The monoisotopic (exact) mass is 226 g/mol. The molecule has 1 heterocycles. The molecule has 0 aromatic carbocycles.